The van der Waals surface area contributed by atoms with Crippen LogP contribution in [0.25, 0.3) is 10.9 Å². The van der Waals surface area contributed by atoms with Crippen molar-refractivity contribution in [2.24, 2.45) is 0 Å². The fourth-order valence-electron chi connectivity index (χ4n) is 1.36. The predicted octanol–water partition coefficient (Wildman–Crippen LogP) is 2.75. The van der Waals surface area contributed by atoms with Crippen molar-refractivity contribution in [3.05, 3.63) is 24.7 Å². The molecule has 0 atom stereocenters. The Bertz CT molecular complexity index is 459. The Balaban J connectivity index is 2.24. The monoisotopic (exact) mass is 206 g/mol. The van der Waals surface area contributed by atoms with E-state index in [0.29, 0.717) is 0 Å². The summed E-state index contributed by atoms with van der Waals surface area (Å²) in [7, 11) is 0. The molecule has 0 radical (unpaired) electrons. The molecule has 1 N–H and O–H groups in total. The summed E-state index contributed by atoms with van der Waals surface area (Å²) >= 11 is 0. The van der Waals surface area contributed by atoms with Crippen LogP contribution >= 0.6 is 0 Å². The number of carbonyl (C=O) groups is 1. The lowest BCUT2D eigenvalue weighted by Gasteiger charge is -2.19. The minimum atomic E-state index is -0.463. The van der Waals surface area contributed by atoms with Crippen LogP contribution in [0.3, 0.4) is 0 Å². The van der Waals surface area contributed by atoms with Crippen molar-refractivity contribution in [3.8, 4) is 0 Å². The molecule has 2 aromatic rings. The molecule has 2 heterocycles. The molecule has 4 nitrogen and oxygen atoms in total. The highest BCUT2D eigenvalue weighted by Crippen LogP contribution is 2.15. The average molecular weight is 206 g/mol. The van der Waals surface area contributed by atoms with Gasteiger partial charge < -0.3 is 9.72 Å². The predicted molar refractivity (Wildman–Crippen MR) is 57.9 cm³/mol. The minimum absolute atomic E-state index is 0.355. The van der Waals surface area contributed by atoms with Crippen molar-refractivity contribution in [2.75, 3.05) is 0 Å². The van der Waals surface area contributed by atoms with Crippen molar-refractivity contribution in [3.63, 3.8) is 0 Å². The normalized spacial score (nSPS) is 11.9. The number of nitrogens with zero attached hydrogens (tertiary/aromatic N) is 1. The molecule has 0 amide bonds. The highest BCUT2D eigenvalue weighted by atomic mass is 16.6. The van der Waals surface area contributed by atoms with Crippen LogP contribution in [0.2, 0.25) is 0 Å². The van der Waals surface area contributed by atoms with E-state index in [1.165, 1.54) is 4.57 Å². The van der Waals surface area contributed by atoms with Gasteiger partial charge in [-0.1, -0.05) is 0 Å². The molecule has 2 rings (SSSR count). The van der Waals surface area contributed by atoms with E-state index in [4.69, 9.17) is 4.74 Å². The number of aromatic amines is 1. The van der Waals surface area contributed by atoms with Crippen molar-refractivity contribution in [1.82, 2.24) is 9.55 Å². The summed E-state index contributed by atoms with van der Waals surface area (Å²) in [6.07, 6.45) is 4.96. The number of nitrogens with one attached hydrogen (secondary N) is 1. The van der Waals surface area contributed by atoms with Crippen LogP contribution in [0.5, 0.6) is 0 Å². The molecule has 0 aliphatic heterocycles. The summed E-state index contributed by atoms with van der Waals surface area (Å²) in [5.41, 5.74) is 0.468. The van der Waals surface area contributed by atoms with Gasteiger partial charge in [-0.05, 0) is 26.8 Å². The number of aromatic nitrogens is 2. The first-order valence-electron chi connectivity index (χ1n) is 4.84. The van der Waals surface area contributed by atoms with Gasteiger partial charge in [-0.3, -0.25) is 4.57 Å². The Morgan fingerprint density at radius 3 is 2.73 bits per heavy atom. The fourth-order valence-corrected chi connectivity index (χ4v) is 1.36. The van der Waals surface area contributed by atoms with Gasteiger partial charge in [0.1, 0.15) is 5.60 Å². The van der Waals surface area contributed by atoms with Crippen LogP contribution in [-0.2, 0) is 4.74 Å². The Labute approximate surface area is 87.8 Å². The quantitative estimate of drug-likeness (QED) is 0.720. The SMILES string of the molecule is CC(C)(C)OC(=O)n1cc2cc[nH]c2c1. The lowest BCUT2D eigenvalue weighted by Crippen LogP contribution is -2.26. The summed E-state index contributed by atoms with van der Waals surface area (Å²) < 4.78 is 6.68. The highest BCUT2D eigenvalue weighted by molar-refractivity contribution is 5.84. The van der Waals surface area contributed by atoms with Crippen molar-refractivity contribution in [2.45, 2.75) is 26.4 Å². The molecule has 0 saturated heterocycles. The molecule has 0 saturated carbocycles. The summed E-state index contributed by atoms with van der Waals surface area (Å²) in [6, 6.07) is 1.91. The minimum Gasteiger partial charge on any atom is -0.443 e. The Hall–Kier alpha value is -1.71. The fraction of sp³-hybridized carbons (Fsp3) is 0.364. The maximum absolute atomic E-state index is 11.7. The van der Waals surface area contributed by atoms with Gasteiger partial charge >= 0.3 is 6.09 Å². The summed E-state index contributed by atoms with van der Waals surface area (Å²) in [6.45, 7) is 5.54. The summed E-state index contributed by atoms with van der Waals surface area (Å²) in [5.74, 6) is 0. The van der Waals surface area contributed by atoms with Gasteiger partial charge in [0.25, 0.3) is 0 Å². The van der Waals surface area contributed by atoms with Gasteiger partial charge in [-0.2, -0.15) is 0 Å². The maximum atomic E-state index is 11.7. The average Bonchev–Trinajstić information content (AvgIpc) is 2.56. The number of ether oxygens (including phenoxy) is 1. The third-order valence-electron chi connectivity index (χ3n) is 1.96. The van der Waals surface area contributed by atoms with E-state index in [0.717, 1.165) is 10.9 Å². The van der Waals surface area contributed by atoms with E-state index < -0.39 is 5.60 Å². The van der Waals surface area contributed by atoms with Crippen LogP contribution in [0.15, 0.2) is 24.7 Å². The third-order valence-corrected chi connectivity index (χ3v) is 1.96. The van der Waals surface area contributed by atoms with Crippen molar-refractivity contribution in [1.29, 1.82) is 0 Å². The lowest BCUT2D eigenvalue weighted by molar-refractivity contribution is 0.0538. The largest absolute Gasteiger partial charge is 0.443 e. The maximum Gasteiger partial charge on any atom is 0.418 e. The van der Waals surface area contributed by atoms with Crippen LogP contribution in [0, 0.1) is 0 Å². The van der Waals surface area contributed by atoms with E-state index in [-0.39, 0.29) is 6.09 Å². The smallest absolute Gasteiger partial charge is 0.418 e. The number of carbonyl (C=O) groups excluding carboxylic acids is 1. The number of hydrogen-bond donors (Lipinski definition) is 1. The van der Waals surface area contributed by atoms with E-state index in [1.54, 1.807) is 12.4 Å². The molecule has 15 heavy (non-hydrogen) atoms. The van der Waals surface area contributed by atoms with Gasteiger partial charge in [0.2, 0.25) is 0 Å². The second-order valence-corrected chi connectivity index (χ2v) is 4.49. The second kappa shape index (κ2) is 3.15. The molecule has 0 fully saturated rings. The van der Waals surface area contributed by atoms with Gasteiger partial charge in [0.15, 0.2) is 0 Å². The highest BCUT2D eigenvalue weighted by Gasteiger charge is 2.17. The van der Waals surface area contributed by atoms with Crippen LogP contribution in [0.4, 0.5) is 4.79 Å². The van der Waals surface area contributed by atoms with Crippen LogP contribution in [-0.4, -0.2) is 21.2 Å². The van der Waals surface area contributed by atoms with Crippen molar-refractivity contribution >= 4 is 17.0 Å². The molecule has 0 aromatic carbocycles. The van der Waals surface area contributed by atoms with E-state index in [2.05, 4.69) is 4.98 Å². The molecule has 0 spiro atoms. The molecule has 4 heteroatoms. The Kier molecular flexibility index (Phi) is 2.07. The van der Waals surface area contributed by atoms with Crippen LogP contribution < -0.4 is 0 Å². The first kappa shape index (κ1) is 9.83. The van der Waals surface area contributed by atoms with Gasteiger partial charge in [-0.25, -0.2) is 4.79 Å². The summed E-state index contributed by atoms with van der Waals surface area (Å²) in [5, 5.41) is 1.00. The first-order chi connectivity index (χ1) is 6.96. The standard InChI is InChI=1S/C11H14N2O2/c1-11(2,3)15-10(14)13-6-8-4-5-12-9(8)7-13/h4-7,12H,1-3H3. The molecule has 0 bridgehead atoms. The number of H-pyrrole nitrogens is 1. The lowest BCUT2D eigenvalue weighted by atomic mass is 10.2. The van der Waals surface area contributed by atoms with Gasteiger partial charge in [0.05, 0.1) is 5.52 Å². The Morgan fingerprint density at radius 1 is 1.40 bits per heavy atom. The molecule has 80 valence electrons. The number of hydrogen-bond acceptors (Lipinski definition) is 2. The summed E-state index contributed by atoms with van der Waals surface area (Å²) in [4.78, 5) is 14.7. The van der Waals surface area contributed by atoms with E-state index in [1.807, 2.05) is 33.0 Å². The van der Waals surface area contributed by atoms with Crippen molar-refractivity contribution < 1.29 is 9.53 Å². The zero-order chi connectivity index (χ0) is 11.1. The van der Waals surface area contributed by atoms with E-state index in [9.17, 15) is 4.79 Å². The van der Waals surface area contributed by atoms with Gasteiger partial charge in [-0.15, -0.1) is 0 Å². The van der Waals surface area contributed by atoms with E-state index >= 15 is 0 Å². The second-order valence-electron chi connectivity index (χ2n) is 4.49. The molecular formula is C11H14N2O2. The number of fused-ring (bicyclic) bond motifs is 1. The number of rotatable bonds is 0. The Morgan fingerprint density at radius 2 is 2.13 bits per heavy atom. The van der Waals surface area contributed by atoms with Gasteiger partial charge in [0, 0.05) is 24.0 Å². The zero-order valence-electron chi connectivity index (χ0n) is 9.07. The zero-order valence-corrected chi connectivity index (χ0v) is 9.07. The first-order valence-corrected chi connectivity index (χ1v) is 4.84. The topological polar surface area (TPSA) is 47.0 Å². The third kappa shape index (κ3) is 2.03. The van der Waals surface area contributed by atoms with Crippen LogP contribution in [0.1, 0.15) is 20.8 Å². The molecule has 2 aromatic heterocycles. The molecule has 0 aliphatic rings. The molecular weight excluding hydrogens is 192 g/mol. The molecule has 0 unspecified atom stereocenters. The molecule has 0 aliphatic carbocycles.